The number of hydrogen-bond donors (Lipinski definition) is 0. The molecule has 2 heteroatoms. The number of carbonyl (C=O) groups is 1. The maximum atomic E-state index is 11.2. The molecule has 2 rings (SSSR count). The third-order valence-electron chi connectivity index (χ3n) is 2.64. The topological polar surface area (TPSA) is 26.3 Å². The molecule has 0 spiro atoms. The zero-order valence-corrected chi connectivity index (χ0v) is 6.72. The molecule has 0 fully saturated rings. The molecule has 0 aromatic carbocycles. The number of ketones is 1. The summed E-state index contributed by atoms with van der Waals surface area (Å²) in [6.07, 6.45) is 4.01. The highest BCUT2D eigenvalue weighted by molar-refractivity contribution is 5.98. The van der Waals surface area contributed by atoms with Crippen LogP contribution in [0.2, 0.25) is 0 Å². The fourth-order valence-electron chi connectivity index (χ4n) is 1.92. The van der Waals surface area contributed by atoms with Crippen molar-refractivity contribution in [2.24, 2.45) is 0 Å². The zero-order valence-electron chi connectivity index (χ0n) is 6.72. The first-order chi connectivity index (χ1) is 5.33. The van der Waals surface area contributed by atoms with E-state index in [0.29, 0.717) is 5.78 Å². The molecule has 0 saturated carbocycles. The van der Waals surface area contributed by atoms with Gasteiger partial charge in [0.2, 0.25) is 0 Å². The van der Waals surface area contributed by atoms with Crippen molar-refractivity contribution in [3.63, 3.8) is 0 Å². The van der Waals surface area contributed by atoms with Gasteiger partial charge in [0.1, 0.15) is 0 Å². The molecule has 0 radical (unpaired) electrons. The average Bonchev–Trinajstić information content (AvgIpc) is 1.95. The van der Waals surface area contributed by atoms with Crippen LogP contribution in [0.15, 0.2) is 11.1 Å². The first-order valence-electron chi connectivity index (χ1n) is 4.11. The minimum Gasteiger partial charge on any atom is -0.377 e. The van der Waals surface area contributed by atoms with Gasteiger partial charge in [-0.15, -0.1) is 0 Å². The summed E-state index contributed by atoms with van der Waals surface area (Å²) >= 11 is 0. The molecule has 1 atom stereocenters. The second-order valence-corrected chi connectivity index (χ2v) is 3.21. The molecule has 0 saturated heterocycles. The summed E-state index contributed by atoms with van der Waals surface area (Å²) in [5.74, 6) is 0.361. The lowest BCUT2D eigenvalue weighted by Crippen LogP contribution is -2.32. The number of methoxy groups -OCH3 is 1. The standard InChI is InChI=1S/C9H12O2/c1-11-9-5-7-6(9)3-2-4-8(7)10/h9H,2-5H2,1H3. The van der Waals surface area contributed by atoms with E-state index in [1.165, 1.54) is 5.57 Å². The van der Waals surface area contributed by atoms with Crippen molar-refractivity contribution in [3.8, 4) is 0 Å². The number of Topliss-reactive ketones (excluding diaryl/α,β-unsaturated/α-hetero) is 1. The Morgan fingerprint density at radius 2 is 2.27 bits per heavy atom. The van der Waals surface area contributed by atoms with E-state index >= 15 is 0 Å². The van der Waals surface area contributed by atoms with Gasteiger partial charge in [0.05, 0.1) is 6.10 Å². The van der Waals surface area contributed by atoms with E-state index in [1.807, 2.05) is 0 Å². The Kier molecular flexibility index (Phi) is 1.57. The second kappa shape index (κ2) is 2.45. The van der Waals surface area contributed by atoms with Crippen LogP contribution < -0.4 is 0 Å². The Morgan fingerprint density at radius 3 is 3.00 bits per heavy atom. The van der Waals surface area contributed by atoms with Gasteiger partial charge in [-0.05, 0) is 24.0 Å². The highest BCUT2D eigenvalue weighted by atomic mass is 16.5. The normalized spacial score (nSPS) is 29.9. The Labute approximate surface area is 66.2 Å². The number of carbonyl (C=O) groups excluding carboxylic acids is 1. The van der Waals surface area contributed by atoms with E-state index in [1.54, 1.807) is 7.11 Å². The predicted molar refractivity (Wildman–Crippen MR) is 41.3 cm³/mol. The third kappa shape index (κ3) is 0.932. The second-order valence-electron chi connectivity index (χ2n) is 3.21. The molecule has 2 aliphatic carbocycles. The van der Waals surface area contributed by atoms with Gasteiger partial charge in [0.15, 0.2) is 5.78 Å². The van der Waals surface area contributed by atoms with Gasteiger partial charge in [-0.2, -0.15) is 0 Å². The van der Waals surface area contributed by atoms with E-state index in [0.717, 1.165) is 31.3 Å². The summed E-state index contributed by atoms with van der Waals surface area (Å²) in [5, 5.41) is 0. The zero-order chi connectivity index (χ0) is 7.84. The van der Waals surface area contributed by atoms with Crippen molar-refractivity contribution in [3.05, 3.63) is 11.1 Å². The Hall–Kier alpha value is -0.630. The lowest BCUT2D eigenvalue weighted by Gasteiger charge is -2.34. The molecule has 60 valence electrons. The van der Waals surface area contributed by atoms with E-state index in [4.69, 9.17) is 4.74 Å². The summed E-state index contributed by atoms with van der Waals surface area (Å²) in [4.78, 5) is 11.2. The molecule has 0 aliphatic heterocycles. The van der Waals surface area contributed by atoms with Crippen LogP contribution in [0.1, 0.15) is 25.7 Å². The molecule has 0 heterocycles. The lowest BCUT2D eigenvalue weighted by atomic mass is 9.75. The summed E-state index contributed by atoms with van der Waals surface area (Å²) in [6, 6.07) is 0. The Bertz CT molecular complexity index is 228. The van der Waals surface area contributed by atoms with Gasteiger partial charge in [-0.25, -0.2) is 0 Å². The largest absolute Gasteiger partial charge is 0.377 e. The van der Waals surface area contributed by atoms with E-state index in [2.05, 4.69) is 0 Å². The molecule has 0 amide bonds. The molecule has 0 N–H and O–H groups in total. The summed E-state index contributed by atoms with van der Waals surface area (Å²) in [6.45, 7) is 0. The van der Waals surface area contributed by atoms with Crippen LogP contribution in [0.25, 0.3) is 0 Å². The minimum atomic E-state index is 0.272. The number of ether oxygens (including phenoxy) is 1. The summed E-state index contributed by atoms with van der Waals surface area (Å²) in [5.41, 5.74) is 2.35. The van der Waals surface area contributed by atoms with Crippen LogP contribution in [-0.2, 0) is 9.53 Å². The highest BCUT2D eigenvalue weighted by Crippen LogP contribution is 2.38. The van der Waals surface area contributed by atoms with Crippen molar-refractivity contribution < 1.29 is 9.53 Å². The summed E-state index contributed by atoms with van der Waals surface area (Å²) in [7, 11) is 1.72. The molecule has 0 aromatic rings. The molecule has 1 unspecified atom stereocenters. The van der Waals surface area contributed by atoms with Crippen LogP contribution in [0.4, 0.5) is 0 Å². The van der Waals surface area contributed by atoms with Crippen molar-refractivity contribution in [2.75, 3.05) is 7.11 Å². The fraction of sp³-hybridized carbons (Fsp3) is 0.667. The Balaban J connectivity index is 2.20. The van der Waals surface area contributed by atoms with Crippen molar-refractivity contribution >= 4 is 5.78 Å². The van der Waals surface area contributed by atoms with Gasteiger partial charge >= 0.3 is 0 Å². The monoisotopic (exact) mass is 152 g/mol. The number of hydrogen-bond acceptors (Lipinski definition) is 2. The van der Waals surface area contributed by atoms with Crippen molar-refractivity contribution in [1.29, 1.82) is 0 Å². The van der Waals surface area contributed by atoms with Gasteiger partial charge in [0.25, 0.3) is 0 Å². The van der Waals surface area contributed by atoms with Gasteiger partial charge in [0, 0.05) is 20.0 Å². The molecular weight excluding hydrogens is 140 g/mol. The van der Waals surface area contributed by atoms with E-state index < -0.39 is 0 Å². The maximum absolute atomic E-state index is 11.2. The molecule has 0 aromatic heterocycles. The van der Waals surface area contributed by atoms with Gasteiger partial charge in [-0.1, -0.05) is 0 Å². The van der Waals surface area contributed by atoms with E-state index in [-0.39, 0.29) is 6.10 Å². The van der Waals surface area contributed by atoms with Gasteiger partial charge < -0.3 is 4.74 Å². The van der Waals surface area contributed by atoms with Crippen LogP contribution in [0.3, 0.4) is 0 Å². The molecular formula is C9H12O2. The molecule has 0 bridgehead atoms. The molecule has 11 heavy (non-hydrogen) atoms. The lowest BCUT2D eigenvalue weighted by molar-refractivity contribution is -0.117. The first-order valence-corrected chi connectivity index (χ1v) is 4.11. The highest BCUT2D eigenvalue weighted by Gasteiger charge is 2.35. The number of rotatable bonds is 1. The fourth-order valence-corrected chi connectivity index (χ4v) is 1.92. The molecule has 2 nitrogen and oxygen atoms in total. The quantitative estimate of drug-likeness (QED) is 0.568. The molecule has 2 aliphatic rings. The SMILES string of the molecule is COC1CC2=C1CCCC2=O. The van der Waals surface area contributed by atoms with Crippen LogP contribution in [0.5, 0.6) is 0 Å². The average molecular weight is 152 g/mol. The third-order valence-corrected chi connectivity index (χ3v) is 2.64. The Morgan fingerprint density at radius 1 is 1.45 bits per heavy atom. The predicted octanol–water partition coefficient (Wildman–Crippen LogP) is 1.45. The minimum absolute atomic E-state index is 0.272. The van der Waals surface area contributed by atoms with Crippen LogP contribution >= 0.6 is 0 Å². The van der Waals surface area contributed by atoms with Crippen LogP contribution in [0, 0.1) is 0 Å². The van der Waals surface area contributed by atoms with Crippen molar-refractivity contribution in [2.45, 2.75) is 31.8 Å². The summed E-state index contributed by atoms with van der Waals surface area (Å²) < 4.78 is 5.19. The smallest absolute Gasteiger partial charge is 0.159 e. The van der Waals surface area contributed by atoms with Crippen molar-refractivity contribution in [1.82, 2.24) is 0 Å². The van der Waals surface area contributed by atoms with Crippen LogP contribution in [-0.4, -0.2) is 19.0 Å². The van der Waals surface area contributed by atoms with Gasteiger partial charge in [-0.3, -0.25) is 4.79 Å². The first kappa shape index (κ1) is 7.04. The maximum Gasteiger partial charge on any atom is 0.159 e. The van der Waals surface area contributed by atoms with E-state index in [9.17, 15) is 4.79 Å².